The Labute approximate surface area is 173 Å². The minimum absolute atomic E-state index is 0.0282. The highest BCUT2D eigenvalue weighted by Gasteiger charge is 2.23. The zero-order valence-corrected chi connectivity index (χ0v) is 17.6. The molecule has 1 amide bonds. The number of carbonyl (C=O) groups excluding carboxylic acids is 1. The van der Waals surface area contributed by atoms with Crippen LogP contribution in [0.4, 0.5) is 0 Å². The van der Waals surface area contributed by atoms with Crippen molar-refractivity contribution in [3.05, 3.63) is 71.8 Å². The van der Waals surface area contributed by atoms with Crippen LogP contribution in [-0.4, -0.2) is 62.6 Å². The number of hydrogen-bond acceptors (Lipinski definition) is 4. The van der Waals surface area contributed by atoms with Crippen molar-refractivity contribution in [2.75, 3.05) is 38.5 Å². The van der Waals surface area contributed by atoms with Gasteiger partial charge in [0.1, 0.15) is 0 Å². The van der Waals surface area contributed by atoms with E-state index in [1.807, 2.05) is 18.2 Å². The summed E-state index contributed by atoms with van der Waals surface area (Å²) in [6.45, 7) is 5.14. The standard InChI is InChI=1S/C23H28N2O3S/c1-20(18-21-8-4-2-5-9-21)19-24-13-12-23(26)25(15-14-24)16-17-29(27,28)22-10-6-3-7-11-22/h2-11,18H,12-17,19H2,1H3/b20-18+. The van der Waals surface area contributed by atoms with Gasteiger partial charge in [0.25, 0.3) is 0 Å². The molecule has 3 rings (SSSR count). The number of amides is 1. The van der Waals surface area contributed by atoms with Crippen molar-refractivity contribution in [3.8, 4) is 0 Å². The molecule has 154 valence electrons. The molecule has 0 saturated carbocycles. The first-order valence-corrected chi connectivity index (χ1v) is 11.6. The van der Waals surface area contributed by atoms with Gasteiger partial charge in [0.2, 0.25) is 5.91 Å². The molecule has 1 aliphatic rings. The van der Waals surface area contributed by atoms with E-state index in [1.54, 1.807) is 35.2 Å². The first-order valence-electron chi connectivity index (χ1n) is 9.94. The highest BCUT2D eigenvalue weighted by Crippen LogP contribution is 2.13. The lowest BCUT2D eigenvalue weighted by Gasteiger charge is -2.22. The van der Waals surface area contributed by atoms with Crippen molar-refractivity contribution in [2.24, 2.45) is 0 Å². The van der Waals surface area contributed by atoms with E-state index in [0.29, 0.717) is 24.4 Å². The summed E-state index contributed by atoms with van der Waals surface area (Å²) in [6.07, 6.45) is 2.58. The molecule has 1 saturated heterocycles. The minimum atomic E-state index is -3.38. The Balaban J connectivity index is 1.55. The summed E-state index contributed by atoms with van der Waals surface area (Å²) in [5.41, 5.74) is 2.41. The van der Waals surface area contributed by atoms with Crippen LogP contribution in [0.3, 0.4) is 0 Å². The van der Waals surface area contributed by atoms with Gasteiger partial charge >= 0.3 is 0 Å². The van der Waals surface area contributed by atoms with E-state index in [4.69, 9.17) is 0 Å². The highest BCUT2D eigenvalue weighted by molar-refractivity contribution is 7.91. The van der Waals surface area contributed by atoms with E-state index in [-0.39, 0.29) is 18.2 Å². The van der Waals surface area contributed by atoms with Gasteiger partial charge in [-0.1, -0.05) is 60.2 Å². The second kappa shape index (κ2) is 9.85. The summed E-state index contributed by atoms with van der Waals surface area (Å²) in [5.74, 6) is -0.0177. The molecule has 5 nitrogen and oxygen atoms in total. The van der Waals surface area contributed by atoms with Crippen molar-refractivity contribution in [1.82, 2.24) is 9.80 Å². The predicted octanol–water partition coefficient (Wildman–Crippen LogP) is 3.10. The van der Waals surface area contributed by atoms with Crippen molar-refractivity contribution >= 4 is 21.8 Å². The number of carbonyl (C=O) groups is 1. The zero-order valence-electron chi connectivity index (χ0n) is 16.8. The second-order valence-corrected chi connectivity index (χ2v) is 9.55. The van der Waals surface area contributed by atoms with Crippen LogP contribution in [0.5, 0.6) is 0 Å². The third-order valence-electron chi connectivity index (χ3n) is 5.10. The molecule has 0 N–H and O–H groups in total. The molecule has 29 heavy (non-hydrogen) atoms. The van der Waals surface area contributed by atoms with Gasteiger partial charge in [-0.05, 0) is 24.6 Å². The first kappa shape index (κ1) is 21.3. The van der Waals surface area contributed by atoms with E-state index < -0.39 is 9.84 Å². The summed E-state index contributed by atoms with van der Waals surface area (Å²) < 4.78 is 25.0. The molecule has 0 atom stereocenters. The molecule has 2 aromatic carbocycles. The van der Waals surface area contributed by atoms with Gasteiger partial charge in [0.05, 0.1) is 10.6 Å². The molecular formula is C23H28N2O3S. The summed E-state index contributed by atoms with van der Waals surface area (Å²) in [7, 11) is -3.38. The van der Waals surface area contributed by atoms with E-state index >= 15 is 0 Å². The van der Waals surface area contributed by atoms with E-state index in [1.165, 1.54) is 11.1 Å². The Hall–Kier alpha value is -2.44. The van der Waals surface area contributed by atoms with Gasteiger partial charge in [0, 0.05) is 39.1 Å². The van der Waals surface area contributed by atoms with Crippen molar-refractivity contribution in [1.29, 1.82) is 0 Å². The molecule has 0 unspecified atom stereocenters. The van der Waals surface area contributed by atoms with Crippen LogP contribution in [-0.2, 0) is 14.6 Å². The lowest BCUT2D eigenvalue weighted by Crippen LogP contribution is -2.37. The van der Waals surface area contributed by atoms with Crippen molar-refractivity contribution < 1.29 is 13.2 Å². The maximum atomic E-state index is 12.5. The number of sulfone groups is 1. The van der Waals surface area contributed by atoms with E-state index in [9.17, 15) is 13.2 Å². The average Bonchev–Trinajstić information content (AvgIpc) is 2.89. The Morgan fingerprint density at radius 3 is 2.31 bits per heavy atom. The molecular weight excluding hydrogens is 384 g/mol. The maximum Gasteiger partial charge on any atom is 0.223 e. The van der Waals surface area contributed by atoms with Crippen molar-refractivity contribution in [3.63, 3.8) is 0 Å². The Morgan fingerprint density at radius 2 is 1.62 bits per heavy atom. The Morgan fingerprint density at radius 1 is 0.966 bits per heavy atom. The fraction of sp³-hybridized carbons (Fsp3) is 0.348. The topological polar surface area (TPSA) is 57.7 Å². The normalized spacial score (nSPS) is 16.7. The van der Waals surface area contributed by atoms with Crippen LogP contribution < -0.4 is 0 Å². The summed E-state index contributed by atoms with van der Waals surface area (Å²) >= 11 is 0. The van der Waals surface area contributed by atoms with Crippen LogP contribution in [0, 0.1) is 0 Å². The summed E-state index contributed by atoms with van der Waals surface area (Å²) in [5, 5.41) is 0. The average molecular weight is 413 g/mol. The molecule has 1 aliphatic heterocycles. The molecule has 1 heterocycles. The zero-order chi connectivity index (χ0) is 20.7. The number of rotatable bonds is 7. The van der Waals surface area contributed by atoms with Gasteiger partial charge in [-0.3, -0.25) is 9.69 Å². The number of hydrogen-bond donors (Lipinski definition) is 0. The van der Waals surface area contributed by atoms with Gasteiger partial charge in [-0.2, -0.15) is 0 Å². The smallest absolute Gasteiger partial charge is 0.223 e. The summed E-state index contributed by atoms with van der Waals surface area (Å²) in [6, 6.07) is 18.6. The monoisotopic (exact) mass is 412 g/mol. The molecule has 0 aliphatic carbocycles. The Bertz CT molecular complexity index is 941. The number of nitrogens with zero attached hydrogens (tertiary/aromatic N) is 2. The van der Waals surface area contributed by atoms with Gasteiger partial charge < -0.3 is 4.90 Å². The van der Waals surface area contributed by atoms with Gasteiger partial charge in [0.15, 0.2) is 9.84 Å². The molecule has 0 aromatic heterocycles. The largest absolute Gasteiger partial charge is 0.340 e. The molecule has 0 radical (unpaired) electrons. The summed E-state index contributed by atoms with van der Waals surface area (Å²) in [4.78, 5) is 16.7. The molecule has 2 aromatic rings. The second-order valence-electron chi connectivity index (χ2n) is 7.44. The third-order valence-corrected chi connectivity index (χ3v) is 6.81. The lowest BCUT2D eigenvalue weighted by atomic mass is 10.1. The molecule has 0 spiro atoms. The minimum Gasteiger partial charge on any atom is -0.340 e. The molecule has 1 fully saturated rings. The lowest BCUT2D eigenvalue weighted by molar-refractivity contribution is -0.130. The van der Waals surface area contributed by atoms with E-state index in [2.05, 4.69) is 30.0 Å². The third kappa shape index (κ3) is 6.27. The van der Waals surface area contributed by atoms with Gasteiger partial charge in [-0.25, -0.2) is 8.42 Å². The van der Waals surface area contributed by atoms with Crippen LogP contribution >= 0.6 is 0 Å². The molecule has 6 heteroatoms. The van der Waals surface area contributed by atoms with E-state index in [0.717, 1.165) is 13.1 Å². The van der Waals surface area contributed by atoms with Crippen molar-refractivity contribution in [2.45, 2.75) is 18.2 Å². The van der Waals surface area contributed by atoms with Crippen LogP contribution in [0.15, 0.2) is 71.1 Å². The van der Waals surface area contributed by atoms with Crippen LogP contribution in [0.1, 0.15) is 18.9 Å². The SMILES string of the molecule is C/C(=C\c1ccccc1)CN1CCC(=O)N(CCS(=O)(=O)c2ccccc2)CC1. The number of benzene rings is 2. The van der Waals surface area contributed by atoms with Crippen LogP contribution in [0.25, 0.3) is 6.08 Å². The Kier molecular flexibility index (Phi) is 7.23. The fourth-order valence-electron chi connectivity index (χ4n) is 3.51. The fourth-order valence-corrected chi connectivity index (χ4v) is 4.78. The quantitative estimate of drug-likeness (QED) is 0.701. The maximum absolute atomic E-state index is 12.5. The van der Waals surface area contributed by atoms with Crippen LogP contribution in [0.2, 0.25) is 0 Å². The highest BCUT2D eigenvalue weighted by atomic mass is 32.2. The first-order chi connectivity index (χ1) is 13.9. The molecule has 0 bridgehead atoms. The van der Waals surface area contributed by atoms with Gasteiger partial charge in [-0.15, -0.1) is 0 Å². The predicted molar refractivity (Wildman–Crippen MR) is 116 cm³/mol.